The monoisotopic (exact) mass is 261 g/mol. The van der Waals surface area contributed by atoms with Gasteiger partial charge in [-0.1, -0.05) is 31.2 Å². The quantitative estimate of drug-likeness (QED) is 0.878. The molecule has 1 aromatic carbocycles. The fourth-order valence-corrected chi connectivity index (χ4v) is 2.44. The maximum atomic E-state index is 11.9. The second-order valence-electron chi connectivity index (χ2n) is 5.09. The molecule has 1 saturated heterocycles. The minimum Gasteiger partial charge on any atom is -0.326 e. The highest BCUT2D eigenvalue weighted by molar-refractivity contribution is 5.76. The van der Waals surface area contributed by atoms with Crippen LogP contribution in [0.4, 0.5) is 4.79 Å². The minimum atomic E-state index is 0.130. The van der Waals surface area contributed by atoms with Gasteiger partial charge in [0.1, 0.15) is 0 Å². The van der Waals surface area contributed by atoms with Gasteiger partial charge in [0.2, 0.25) is 0 Å². The summed E-state index contributed by atoms with van der Waals surface area (Å²) in [5.41, 5.74) is 2.58. The summed E-state index contributed by atoms with van der Waals surface area (Å²) in [6.07, 6.45) is 1.06. The summed E-state index contributed by atoms with van der Waals surface area (Å²) >= 11 is 0. The summed E-state index contributed by atoms with van der Waals surface area (Å²) in [7, 11) is 3.80. The number of urea groups is 1. The fraction of sp³-hybridized carbons (Fsp3) is 0.533. The molecule has 4 nitrogen and oxygen atoms in total. The summed E-state index contributed by atoms with van der Waals surface area (Å²) in [6, 6.07) is 8.97. The van der Waals surface area contributed by atoms with Crippen molar-refractivity contribution in [2.75, 3.05) is 33.7 Å². The van der Waals surface area contributed by atoms with Gasteiger partial charge in [0.15, 0.2) is 0 Å². The van der Waals surface area contributed by atoms with E-state index >= 15 is 0 Å². The maximum absolute atomic E-state index is 11.9. The van der Waals surface area contributed by atoms with Gasteiger partial charge >= 0.3 is 6.03 Å². The number of nitrogens with zero attached hydrogens (tertiary/aromatic N) is 2. The van der Waals surface area contributed by atoms with Crippen molar-refractivity contribution in [3.8, 4) is 0 Å². The van der Waals surface area contributed by atoms with Crippen LogP contribution < -0.4 is 5.32 Å². The topological polar surface area (TPSA) is 35.6 Å². The zero-order valence-electron chi connectivity index (χ0n) is 12.0. The molecule has 4 heteroatoms. The molecule has 2 rings (SSSR count). The molecule has 1 N–H and O–H groups in total. The molecule has 0 aliphatic carbocycles. The number of hydrogen-bond acceptors (Lipinski definition) is 2. The predicted octanol–water partition coefficient (Wildman–Crippen LogP) is 1.88. The number of amides is 2. The zero-order valence-corrected chi connectivity index (χ0v) is 12.0. The van der Waals surface area contributed by atoms with Gasteiger partial charge in [-0.3, -0.25) is 0 Å². The molecule has 0 radical (unpaired) electrons. The van der Waals surface area contributed by atoms with Crippen molar-refractivity contribution in [1.82, 2.24) is 15.1 Å². The van der Waals surface area contributed by atoms with E-state index in [9.17, 15) is 4.79 Å². The Labute approximate surface area is 115 Å². The van der Waals surface area contributed by atoms with Gasteiger partial charge in [-0.25, -0.2) is 4.79 Å². The van der Waals surface area contributed by atoms with Gasteiger partial charge in [0, 0.05) is 32.7 Å². The smallest absolute Gasteiger partial charge is 0.319 e. The van der Waals surface area contributed by atoms with Crippen LogP contribution in [0, 0.1) is 0 Å². The third kappa shape index (κ3) is 3.07. The molecule has 1 unspecified atom stereocenters. The third-order valence-corrected chi connectivity index (χ3v) is 3.84. The summed E-state index contributed by atoms with van der Waals surface area (Å²) < 4.78 is 0. The van der Waals surface area contributed by atoms with Gasteiger partial charge in [-0.05, 0) is 24.6 Å². The summed E-state index contributed by atoms with van der Waals surface area (Å²) in [4.78, 5) is 15.6. The molecular formula is C15H23N3O. The van der Waals surface area contributed by atoms with E-state index in [2.05, 4.69) is 36.5 Å². The van der Waals surface area contributed by atoms with Gasteiger partial charge in [-0.2, -0.15) is 0 Å². The summed E-state index contributed by atoms with van der Waals surface area (Å²) in [6.45, 7) is 4.53. The lowest BCUT2D eigenvalue weighted by Gasteiger charge is -2.23. The van der Waals surface area contributed by atoms with Crippen molar-refractivity contribution in [2.45, 2.75) is 19.4 Å². The SMILES string of the molecule is CCc1ccc(C(CN2CCN(C)C2=O)NC)cc1. The Hall–Kier alpha value is -1.55. The summed E-state index contributed by atoms with van der Waals surface area (Å²) in [5, 5.41) is 3.31. The first-order valence-corrected chi connectivity index (χ1v) is 6.91. The van der Waals surface area contributed by atoms with E-state index in [-0.39, 0.29) is 12.1 Å². The number of likely N-dealkylation sites (N-methyl/N-ethyl adjacent to an activating group) is 2. The van der Waals surface area contributed by atoms with Crippen LogP contribution in [0.15, 0.2) is 24.3 Å². The van der Waals surface area contributed by atoms with E-state index in [1.807, 2.05) is 19.0 Å². The van der Waals surface area contributed by atoms with E-state index < -0.39 is 0 Å². The molecule has 1 aromatic rings. The number of benzene rings is 1. The van der Waals surface area contributed by atoms with Gasteiger partial charge in [0.25, 0.3) is 0 Å². The molecule has 1 aliphatic heterocycles. The Kier molecular flexibility index (Phi) is 4.43. The molecule has 104 valence electrons. The molecule has 0 aromatic heterocycles. The number of aryl methyl sites for hydroxylation is 1. The van der Waals surface area contributed by atoms with Crippen LogP contribution in [0.1, 0.15) is 24.1 Å². The fourth-order valence-electron chi connectivity index (χ4n) is 2.44. The Morgan fingerprint density at radius 3 is 2.42 bits per heavy atom. The van der Waals surface area contributed by atoms with Crippen LogP contribution in [-0.2, 0) is 6.42 Å². The molecule has 0 spiro atoms. The molecule has 0 bridgehead atoms. The molecule has 1 heterocycles. The van der Waals surface area contributed by atoms with Crippen molar-refractivity contribution >= 4 is 6.03 Å². The first kappa shape index (κ1) is 13.9. The Morgan fingerprint density at radius 1 is 1.26 bits per heavy atom. The van der Waals surface area contributed by atoms with Crippen LogP contribution in [0.3, 0.4) is 0 Å². The van der Waals surface area contributed by atoms with E-state index in [4.69, 9.17) is 0 Å². The Balaban J connectivity index is 2.05. The lowest BCUT2D eigenvalue weighted by Crippen LogP contribution is -2.36. The largest absolute Gasteiger partial charge is 0.326 e. The second-order valence-corrected chi connectivity index (χ2v) is 5.09. The number of carbonyl (C=O) groups excluding carboxylic acids is 1. The molecule has 2 amide bonds. The van der Waals surface area contributed by atoms with E-state index in [1.165, 1.54) is 11.1 Å². The third-order valence-electron chi connectivity index (χ3n) is 3.84. The molecule has 19 heavy (non-hydrogen) atoms. The molecule has 1 fully saturated rings. The first-order valence-electron chi connectivity index (χ1n) is 6.91. The standard InChI is InChI=1S/C15H23N3O/c1-4-12-5-7-13(8-6-12)14(16-2)11-18-10-9-17(3)15(18)19/h5-8,14,16H,4,9-11H2,1-3H3. The van der Waals surface area contributed by atoms with Crippen LogP contribution in [-0.4, -0.2) is 49.6 Å². The van der Waals surface area contributed by atoms with E-state index in [0.717, 1.165) is 26.1 Å². The minimum absolute atomic E-state index is 0.130. The van der Waals surface area contributed by atoms with Crippen molar-refractivity contribution in [2.24, 2.45) is 0 Å². The zero-order chi connectivity index (χ0) is 13.8. The van der Waals surface area contributed by atoms with E-state index in [1.54, 1.807) is 4.90 Å². The average molecular weight is 261 g/mol. The highest BCUT2D eigenvalue weighted by atomic mass is 16.2. The number of nitrogens with one attached hydrogen (secondary N) is 1. The van der Waals surface area contributed by atoms with E-state index in [0.29, 0.717) is 0 Å². The van der Waals surface area contributed by atoms with Crippen molar-refractivity contribution in [3.63, 3.8) is 0 Å². The van der Waals surface area contributed by atoms with Crippen molar-refractivity contribution < 1.29 is 4.79 Å². The van der Waals surface area contributed by atoms with Gasteiger partial charge in [-0.15, -0.1) is 0 Å². The molecule has 1 aliphatic rings. The maximum Gasteiger partial charge on any atom is 0.319 e. The molecule has 1 atom stereocenters. The van der Waals surface area contributed by atoms with Gasteiger partial charge < -0.3 is 15.1 Å². The highest BCUT2D eigenvalue weighted by Gasteiger charge is 2.27. The first-order chi connectivity index (χ1) is 9.15. The van der Waals surface area contributed by atoms with Crippen LogP contribution in [0.2, 0.25) is 0 Å². The number of carbonyl (C=O) groups is 1. The van der Waals surface area contributed by atoms with Crippen LogP contribution in [0.25, 0.3) is 0 Å². The Bertz CT molecular complexity index is 430. The summed E-state index contributed by atoms with van der Waals surface area (Å²) in [5.74, 6) is 0. The Morgan fingerprint density at radius 2 is 1.95 bits per heavy atom. The van der Waals surface area contributed by atoms with Gasteiger partial charge in [0.05, 0.1) is 0 Å². The normalized spacial score (nSPS) is 17.1. The highest BCUT2D eigenvalue weighted by Crippen LogP contribution is 2.18. The number of rotatable bonds is 5. The van der Waals surface area contributed by atoms with Crippen LogP contribution >= 0.6 is 0 Å². The average Bonchev–Trinajstić information content (AvgIpc) is 2.76. The molecule has 0 saturated carbocycles. The predicted molar refractivity (Wildman–Crippen MR) is 77.2 cm³/mol. The van der Waals surface area contributed by atoms with Crippen molar-refractivity contribution in [3.05, 3.63) is 35.4 Å². The number of hydrogen-bond donors (Lipinski definition) is 1. The molecular weight excluding hydrogens is 238 g/mol. The lowest BCUT2D eigenvalue weighted by molar-refractivity contribution is 0.194. The second kappa shape index (κ2) is 6.06. The van der Waals surface area contributed by atoms with Crippen LogP contribution in [0.5, 0.6) is 0 Å². The van der Waals surface area contributed by atoms with Crippen molar-refractivity contribution in [1.29, 1.82) is 0 Å². The lowest BCUT2D eigenvalue weighted by atomic mass is 10.0.